The van der Waals surface area contributed by atoms with Crippen molar-refractivity contribution in [3.63, 3.8) is 0 Å². The zero-order chi connectivity index (χ0) is 49.8. The molecule has 7 heterocycles. The van der Waals surface area contributed by atoms with Crippen LogP contribution in [0.25, 0.3) is 144 Å². The lowest BCUT2D eigenvalue weighted by Crippen LogP contribution is -2.02. The summed E-state index contributed by atoms with van der Waals surface area (Å²) in [5.74, 6) is 0.634. The van der Waals surface area contributed by atoms with Crippen molar-refractivity contribution in [3.05, 3.63) is 255 Å². The first kappa shape index (κ1) is 42.1. The Morgan fingerprint density at radius 1 is 0.237 bits per heavy atom. The van der Waals surface area contributed by atoms with Gasteiger partial charge in [-0.1, -0.05) is 133 Å². The van der Waals surface area contributed by atoms with Gasteiger partial charge in [0.25, 0.3) is 0 Å². The van der Waals surface area contributed by atoms with Crippen molar-refractivity contribution >= 4 is 87.2 Å². The number of fused-ring (bicyclic) bond motifs is 12. The van der Waals surface area contributed by atoms with Gasteiger partial charge in [-0.3, -0.25) is 9.97 Å². The molecular formula is C68H42N8. The summed E-state index contributed by atoms with van der Waals surface area (Å²) in [6.45, 7) is 0. The number of hydrogen-bond donors (Lipinski definition) is 0. The SMILES string of the molecule is c1ccc(-c2cc(-c3ccccc3)nc(-c3cc(-n4c5ccccc5c5cc(-n6c7ccccc7c7ccncc76)ccc54)cc(-n4c5ccccc5c5cc(-n6c7ccccc7c7ccncc76)ccc54)c3)n2)cc1. The van der Waals surface area contributed by atoms with Crippen molar-refractivity contribution < 1.29 is 0 Å². The molecule has 9 aromatic carbocycles. The lowest BCUT2D eigenvalue weighted by Gasteiger charge is -2.16. The number of pyridine rings is 2. The Morgan fingerprint density at radius 3 is 1.03 bits per heavy atom. The van der Waals surface area contributed by atoms with E-state index in [9.17, 15) is 0 Å². The molecule has 0 aliphatic rings. The molecule has 16 rings (SSSR count). The van der Waals surface area contributed by atoms with Crippen LogP contribution >= 0.6 is 0 Å². The van der Waals surface area contributed by atoms with Crippen LogP contribution in [0.5, 0.6) is 0 Å². The fraction of sp³-hybridized carbons (Fsp3) is 0. The maximum absolute atomic E-state index is 5.43. The predicted molar refractivity (Wildman–Crippen MR) is 311 cm³/mol. The topological polar surface area (TPSA) is 71.3 Å². The summed E-state index contributed by atoms with van der Waals surface area (Å²) < 4.78 is 9.51. The number of benzene rings is 9. The van der Waals surface area contributed by atoms with Gasteiger partial charge >= 0.3 is 0 Å². The van der Waals surface area contributed by atoms with Gasteiger partial charge in [0.15, 0.2) is 5.82 Å². The van der Waals surface area contributed by atoms with Crippen molar-refractivity contribution in [1.82, 2.24) is 38.2 Å². The third-order valence-corrected chi connectivity index (χ3v) is 15.3. The summed E-state index contributed by atoms with van der Waals surface area (Å²) in [6.07, 6.45) is 7.72. The Kier molecular flexibility index (Phi) is 9.17. The molecule has 76 heavy (non-hydrogen) atoms. The Balaban J connectivity index is 0.967. The van der Waals surface area contributed by atoms with E-state index < -0.39 is 0 Å². The molecule has 354 valence electrons. The molecule has 0 spiro atoms. The predicted octanol–water partition coefficient (Wildman–Crippen LogP) is 16.7. The minimum Gasteiger partial charge on any atom is -0.309 e. The van der Waals surface area contributed by atoms with E-state index in [-0.39, 0.29) is 0 Å². The van der Waals surface area contributed by atoms with E-state index in [2.05, 4.69) is 247 Å². The molecule has 7 aromatic heterocycles. The van der Waals surface area contributed by atoms with E-state index in [1.165, 1.54) is 21.5 Å². The van der Waals surface area contributed by atoms with Crippen LogP contribution in [0.1, 0.15) is 0 Å². The van der Waals surface area contributed by atoms with Gasteiger partial charge in [-0.15, -0.1) is 0 Å². The van der Waals surface area contributed by atoms with Gasteiger partial charge in [0, 0.05) is 94.9 Å². The molecule has 0 aliphatic heterocycles. The van der Waals surface area contributed by atoms with Crippen LogP contribution in [0, 0.1) is 0 Å². The summed E-state index contributed by atoms with van der Waals surface area (Å²) in [6, 6.07) is 82.5. The van der Waals surface area contributed by atoms with Crippen LogP contribution < -0.4 is 0 Å². The Labute approximate surface area is 435 Å². The second-order valence-electron chi connectivity index (χ2n) is 19.5. The fourth-order valence-corrected chi connectivity index (χ4v) is 12.0. The minimum absolute atomic E-state index is 0.634. The van der Waals surface area contributed by atoms with Crippen LogP contribution in [-0.2, 0) is 0 Å². The average Bonchev–Trinajstić information content (AvgIpc) is 4.36. The van der Waals surface area contributed by atoms with E-state index in [1.807, 2.05) is 36.9 Å². The third-order valence-electron chi connectivity index (χ3n) is 15.3. The molecule has 8 heteroatoms. The monoisotopic (exact) mass is 970 g/mol. The second kappa shape index (κ2) is 16.5. The Hall–Kier alpha value is -10.4. The van der Waals surface area contributed by atoms with E-state index in [0.29, 0.717) is 5.82 Å². The van der Waals surface area contributed by atoms with Crippen LogP contribution in [0.4, 0.5) is 0 Å². The number of para-hydroxylation sites is 4. The first-order chi connectivity index (χ1) is 37.7. The van der Waals surface area contributed by atoms with E-state index in [0.717, 1.165) is 117 Å². The average molecular weight is 971 g/mol. The van der Waals surface area contributed by atoms with Gasteiger partial charge < -0.3 is 18.3 Å². The van der Waals surface area contributed by atoms with Gasteiger partial charge in [-0.25, -0.2) is 9.97 Å². The molecule has 0 radical (unpaired) electrons. The number of hydrogen-bond acceptors (Lipinski definition) is 4. The van der Waals surface area contributed by atoms with Crippen molar-refractivity contribution in [3.8, 4) is 56.7 Å². The largest absolute Gasteiger partial charge is 0.309 e. The zero-order valence-electron chi connectivity index (χ0n) is 40.8. The van der Waals surface area contributed by atoms with E-state index in [1.54, 1.807) is 0 Å². The molecular weight excluding hydrogens is 929 g/mol. The summed E-state index contributed by atoms with van der Waals surface area (Å²) >= 11 is 0. The molecule has 0 unspecified atom stereocenters. The number of rotatable bonds is 7. The summed E-state index contributed by atoms with van der Waals surface area (Å²) in [5, 5.41) is 9.36. The molecule has 0 aliphatic carbocycles. The molecule has 0 fully saturated rings. The Bertz CT molecular complexity index is 4590. The summed E-state index contributed by atoms with van der Waals surface area (Å²) in [7, 11) is 0. The smallest absolute Gasteiger partial charge is 0.160 e. The lowest BCUT2D eigenvalue weighted by atomic mass is 10.1. The molecule has 16 aromatic rings. The maximum atomic E-state index is 5.43. The van der Waals surface area contributed by atoms with E-state index in [4.69, 9.17) is 9.97 Å². The molecule has 0 saturated heterocycles. The first-order valence-electron chi connectivity index (χ1n) is 25.6. The molecule has 0 N–H and O–H groups in total. The Morgan fingerprint density at radius 2 is 0.592 bits per heavy atom. The molecule has 0 saturated carbocycles. The van der Waals surface area contributed by atoms with Crippen molar-refractivity contribution in [2.75, 3.05) is 0 Å². The highest BCUT2D eigenvalue weighted by Crippen LogP contribution is 2.41. The van der Waals surface area contributed by atoms with Gasteiger partial charge in [-0.05, 0) is 97.1 Å². The molecule has 8 nitrogen and oxygen atoms in total. The third kappa shape index (κ3) is 6.37. The van der Waals surface area contributed by atoms with E-state index >= 15 is 0 Å². The summed E-state index contributed by atoms with van der Waals surface area (Å²) in [5.41, 5.74) is 17.6. The minimum atomic E-state index is 0.634. The second-order valence-corrected chi connectivity index (χ2v) is 19.5. The molecule has 0 bridgehead atoms. The number of nitrogens with zero attached hydrogens (tertiary/aromatic N) is 8. The highest BCUT2D eigenvalue weighted by atomic mass is 15.0. The standard InChI is InChI=1S/C68H42N8/c1-3-15-43(16-4-1)58-40-59(44-17-5-2-6-18-44)72-68(71-58)45-35-48(75-62-25-13-9-21-52(62)56-38-46(27-29-64(56)75)73-60-23-11-7-19-50(60)54-31-33-69-41-66(54)73)37-49(36-45)76-63-26-14-10-22-53(63)57-39-47(28-30-65(57)76)74-61-24-12-8-20-51(61)55-32-34-70-42-67(55)74/h1-42H. The first-order valence-corrected chi connectivity index (χ1v) is 25.6. The highest BCUT2D eigenvalue weighted by Gasteiger charge is 2.22. The zero-order valence-corrected chi connectivity index (χ0v) is 40.8. The van der Waals surface area contributed by atoms with Gasteiger partial charge in [0.2, 0.25) is 0 Å². The fourth-order valence-electron chi connectivity index (χ4n) is 12.0. The van der Waals surface area contributed by atoms with Gasteiger partial charge in [0.1, 0.15) is 0 Å². The maximum Gasteiger partial charge on any atom is 0.160 e. The van der Waals surface area contributed by atoms with Crippen molar-refractivity contribution in [2.45, 2.75) is 0 Å². The van der Waals surface area contributed by atoms with Crippen LogP contribution in [0.15, 0.2) is 255 Å². The van der Waals surface area contributed by atoms with Crippen LogP contribution in [0.2, 0.25) is 0 Å². The quantitative estimate of drug-likeness (QED) is 0.160. The molecule has 0 atom stereocenters. The van der Waals surface area contributed by atoms with Crippen LogP contribution in [-0.4, -0.2) is 38.2 Å². The number of aromatic nitrogens is 8. The van der Waals surface area contributed by atoms with Gasteiger partial charge in [0.05, 0.1) is 67.9 Å². The van der Waals surface area contributed by atoms with Crippen molar-refractivity contribution in [1.29, 1.82) is 0 Å². The van der Waals surface area contributed by atoms with Crippen molar-refractivity contribution in [2.24, 2.45) is 0 Å². The normalized spacial score (nSPS) is 11.9. The highest BCUT2D eigenvalue weighted by molar-refractivity contribution is 6.14. The summed E-state index contributed by atoms with van der Waals surface area (Å²) in [4.78, 5) is 20.0. The van der Waals surface area contributed by atoms with Gasteiger partial charge in [-0.2, -0.15) is 0 Å². The molecule has 0 amide bonds. The lowest BCUT2D eigenvalue weighted by molar-refractivity contribution is 1.12. The van der Waals surface area contributed by atoms with Crippen LogP contribution in [0.3, 0.4) is 0 Å².